The quantitative estimate of drug-likeness (QED) is 0.660. The molecular formula is C12H15BrN2O4. The summed E-state index contributed by atoms with van der Waals surface area (Å²) >= 11 is 3.36. The molecule has 104 valence electrons. The predicted molar refractivity (Wildman–Crippen MR) is 74.2 cm³/mol. The van der Waals surface area contributed by atoms with E-state index in [9.17, 15) is 9.59 Å². The van der Waals surface area contributed by atoms with Crippen molar-refractivity contribution in [3.05, 3.63) is 28.2 Å². The van der Waals surface area contributed by atoms with Crippen molar-refractivity contribution < 1.29 is 19.8 Å². The van der Waals surface area contributed by atoms with Crippen molar-refractivity contribution in [1.29, 1.82) is 0 Å². The number of rotatable bonds is 5. The number of halogens is 1. The van der Waals surface area contributed by atoms with E-state index in [0.717, 1.165) is 10.0 Å². The Morgan fingerprint density at radius 1 is 1.42 bits per heavy atom. The molecule has 0 bridgehead atoms. The van der Waals surface area contributed by atoms with E-state index in [1.165, 1.54) is 0 Å². The van der Waals surface area contributed by atoms with Crippen LogP contribution in [0.3, 0.4) is 0 Å². The van der Waals surface area contributed by atoms with Gasteiger partial charge in [-0.1, -0.05) is 15.9 Å². The molecule has 0 fully saturated rings. The van der Waals surface area contributed by atoms with Crippen molar-refractivity contribution in [3.8, 4) is 0 Å². The zero-order valence-electron chi connectivity index (χ0n) is 10.3. The summed E-state index contributed by atoms with van der Waals surface area (Å²) < 4.78 is 0.947. The lowest BCUT2D eigenvalue weighted by atomic mass is 10.2. The van der Waals surface area contributed by atoms with Crippen molar-refractivity contribution in [2.45, 2.75) is 19.4 Å². The number of hydrogen-bond acceptors (Lipinski definition) is 3. The van der Waals surface area contributed by atoms with E-state index in [2.05, 4.69) is 26.6 Å². The van der Waals surface area contributed by atoms with Gasteiger partial charge in [-0.2, -0.15) is 0 Å². The molecule has 2 amide bonds. The van der Waals surface area contributed by atoms with Crippen LogP contribution in [0.15, 0.2) is 22.7 Å². The van der Waals surface area contributed by atoms with Crippen molar-refractivity contribution >= 4 is 33.6 Å². The maximum absolute atomic E-state index is 11.5. The van der Waals surface area contributed by atoms with Gasteiger partial charge < -0.3 is 20.8 Å². The van der Waals surface area contributed by atoms with E-state index in [-0.39, 0.29) is 13.0 Å². The first-order valence-electron chi connectivity index (χ1n) is 5.62. The second-order valence-corrected chi connectivity index (χ2v) is 4.84. The van der Waals surface area contributed by atoms with Crippen molar-refractivity contribution in [2.24, 2.45) is 0 Å². The number of carbonyl (C=O) groups excluding carboxylic acids is 1. The van der Waals surface area contributed by atoms with Gasteiger partial charge in [0.2, 0.25) is 0 Å². The third kappa shape index (κ3) is 5.27. The molecule has 0 heterocycles. The Balaban J connectivity index is 2.39. The zero-order chi connectivity index (χ0) is 14.4. The van der Waals surface area contributed by atoms with Gasteiger partial charge in [0.25, 0.3) is 0 Å². The molecule has 0 radical (unpaired) electrons. The summed E-state index contributed by atoms with van der Waals surface area (Å²) in [5.74, 6) is -1.30. The average molecular weight is 331 g/mol. The molecule has 7 heteroatoms. The largest absolute Gasteiger partial charge is 0.479 e. The highest BCUT2D eigenvalue weighted by molar-refractivity contribution is 9.10. The Morgan fingerprint density at radius 2 is 2.11 bits per heavy atom. The number of carboxylic acids is 1. The number of benzene rings is 1. The second-order valence-electron chi connectivity index (χ2n) is 3.99. The molecule has 1 rings (SSSR count). The number of aliphatic carboxylic acids is 1. The van der Waals surface area contributed by atoms with E-state index in [1.807, 2.05) is 13.0 Å². The zero-order valence-corrected chi connectivity index (χ0v) is 11.9. The van der Waals surface area contributed by atoms with Crippen LogP contribution in [-0.2, 0) is 4.79 Å². The molecule has 4 N–H and O–H groups in total. The molecule has 1 aromatic rings. The summed E-state index contributed by atoms with van der Waals surface area (Å²) in [7, 11) is 0. The highest BCUT2D eigenvalue weighted by Gasteiger charge is 2.12. The molecule has 6 nitrogen and oxygen atoms in total. The normalized spacial score (nSPS) is 11.7. The number of aliphatic hydroxyl groups is 1. The van der Waals surface area contributed by atoms with Crippen LogP contribution in [0.4, 0.5) is 10.5 Å². The molecule has 1 aromatic carbocycles. The van der Waals surface area contributed by atoms with Crippen LogP contribution < -0.4 is 10.6 Å². The molecule has 0 aliphatic heterocycles. The number of aryl methyl sites for hydroxylation is 1. The fourth-order valence-electron chi connectivity index (χ4n) is 1.34. The van der Waals surface area contributed by atoms with Gasteiger partial charge in [-0.3, -0.25) is 0 Å². The summed E-state index contributed by atoms with van der Waals surface area (Å²) in [5, 5.41) is 22.6. The fourth-order valence-corrected chi connectivity index (χ4v) is 1.59. The second kappa shape index (κ2) is 7.10. The molecule has 0 saturated carbocycles. The number of hydrogen-bond donors (Lipinski definition) is 4. The van der Waals surface area contributed by atoms with E-state index < -0.39 is 18.1 Å². The minimum Gasteiger partial charge on any atom is -0.479 e. The molecule has 0 aliphatic rings. The molecule has 1 atom stereocenters. The van der Waals surface area contributed by atoms with E-state index >= 15 is 0 Å². The van der Waals surface area contributed by atoms with Gasteiger partial charge in [-0.05, 0) is 30.7 Å². The van der Waals surface area contributed by atoms with Crippen LogP contribution in [-0.4, -0.2) is 34.9 Å². The summed E-state index contributed by atoms with van der Waals surface area (Å²) in [6.45, 7) is 1.98. The van der Waals surface area contributed by atoms with Crippen LogP contribution in [0.2, 0.25) is 0 Å². The van der Waals surface area contributed by atoms with Crippen molar-refractivity contribution in [1.82, 2.24) is 5.32 Å². The van der Waals surface area contributed by atoms with E-state index in [0.29, 0.717) is 5.69 Å². The van der Waals surface area contributed by atoms with Crippen LogP contribution in [0.25, 0.3) is 0 Å². The predicted octanol–water partition coefficient (Wildman–Crippen LogP) is 1.71. The third-order valence-corrected chi connectivity index (χ3v) is 3.29. The van der Waals surface area contributed by atoms with E-state index in [1.54, 1.807) is 12.1 Å². The minimum absolute atomic E-state index is 0.0396. The SMILES string of the molecule is Cc1cc(NC(=O)NCCC(O)C(=O)O)ccc1Br. The Hall–Kier alpha value is -1.60. The topological polar surface area (TPSA) is 98.7 Å². The molecule has 0 aromatic heterocycles. The van der Waals surface area contributed by atoms with Gasteiger partial charge in [-0.25, -0.2) is 9.59 Å². The monoisotopic (exact) mass is 330 g/mol. The summed E-state index contributed by atoms with van der Waals surface area (Å²) in [6, 6.07) is 4.91. The average Bonchev–Trinajstić information content (AvgIpc) is 2.33. The van der Waals surface area contributed by atoms with Crippen LogP contribution in [0.5, 0.6) is 0 Å². The Bertz CT molecular complexity index is 479. The molecular weight excluding hydrogens is 316 g/mol. The molecule has 1 unspecified atom stereocenters. The number of aliphatic hydroxyl groups excluding tert-OH is 1. The van der Waals surface area contributed by atoms with Crippen LogP contribution in [0, 0.1) is 6.92 Å². The molecule has 0 aliphatic carbocycles. The first-order chi connectivity index (χ1) is 8.90. The van der Waals surface area contributed by atoms with Gasteiger partial charge in [0.05, 0.1) is 0 Å². The van der Waals surface area contributed by atoms with Crippen molar-refractivity contribution in [2.75, 3.05) is 11.9 Å². The Labute approximate surface area is 118 Å². The van der Waals surface area contributed by atoms with Gasteiger partial charge in [0, 0.05) is 23.1 Å². The number of nitrogens with one attached hydrogen (secondary N) is 2. The van der Waals surface area contributed by atoms with Gasteiger partial charge in [0.1, 0.15) is 0 Å². The van der Waals surface area contributed by atoms with Crippen LogP contribution >= 0.6 is 15.9 Å². The number of carboxylic acid groups (broad SMARTS) is 1. The van der Waals surface area contributed by atoms with E-state index in [4.69, 9.17) is 10.2 Å². The first kappa shape index (κ1) is 15.5. The van der Waals surface area contributed by atoms with Crippen LogP contribution in [0.1, 0.15) is 12.0 Å². The maximum atomic E-state index is 11.5. The Morgan fingerprint density at radius 3 is 2.68 bits per heavy atom. The molecule has 19 heavy (non-hydrogen) atoms. The van der Waals surface area contributed by atoms with Gasteiger partial charge >= 0.3 is 12.0 Å². The number of urea groups is 1. The maximum Gasteiger partial charge on any atom is 0.332 e. The van der Waals surface area contributed by atoms with Gasteiger partial charge in [-0.15, -0.1) is 0 Å². The highest BCUT2D eigenvalue weighted by Crippen LogP contribution is 2.19. The molecule has 0 spiro atoms. The number of amides is 2. The lowest BCUT2D eigenvalue weighted by Crippen LogP contribution is -2.33. The summed E-state index contributed by atoms with van der Waals surface area (Å²) in [6.07, 6.45) is -1.50. The third-order valence-electron chi connectivity index (χ3n) is 2.40. The smallest absolute Gasteiger partial charge is 0.332 e. The number of anilines is 1. The standard InChI is InChI=1S/C12H15BrN2O4/c1-7-6-8(2-3-9(7)13)15-12(19)14-5-4-10(16)11(17)18/h2-3,6,10,16H,4-5H2,1H3,(H,17,18)(H2,14,15,19). The van der Waals surface area contributed by atoms with Gasteiger partial charge in [0.15, 0.2) is 6.10 Å². The van der Waals surface area contributed by atoms with Crippen molar-refractivity contribution in [3.63, 3.8) is 0 Å². The Kier molecular flexibility index (Phi) is 5.78. The lowest BCUT2D eigenvalue weighted by molar-refractivity contribution is -0.146. The minimum atomic E-state index is -1.46. The first-order valence-corrected chi connectivity index (χ1v) is 6.41. The lowest BCUT2D eigenvalue weighted by Gasteiger charge is -2.09. The fraction of sp³-hybridized carbons (Fsp3) is 0.333. The summed E-state index contributed by atoms with van der Waals surface area (Å²) in [5.41, 5.74) is 1.62. The summed E-state index contributed by atoms with van der Waals surface area (Å²) in [4.78, 5) is 21.8. The number of carbonyl (C=O) groups is 2. The highest BCUT2D eigenvalue weighted by atomic mass is 79.9. The molecule has 0 saturated heterocycles.